The van der Waals surface area contributed by atoms with Gasteiger partial charge in [0.05, 0.1) is 12.8 Å². The summed E-state index contributed by atoms with van der Waals surface area (Å²) in [7, 11) is 1.65. The van der Waals surface area contributed by atoms with Crippen LogP contribution in [0.1, 0.15) is 16.1 Å². The van der Waals surface area contributed by atoms with E-state index in [4.69, 9.17) is 4.74 Å². The zero-order chi connectivity index (χ0) is 12.1. The van der Waals surface area contributed by atoms with E-state index in [1.165, 1.54) is 10.4 Å². The van der Waals surface area contributed by atoms with E-state index in [1.807, 2.05) is 13.0 Å². The molecule has 1 aromatic carbocycles. The van der Waals surface area contributed by atoms with E-state index >= 15 is 0 Å². The summed E-state index contributed by atoms with van der Waals surface area (Å²) in [4.78, 5) is 5.55. The maximum atomic E-state index is 5.12. The molecule has 0 unspecified atom stereocenters. The van der Waals surface area contributed by atoms with Gasteiger partial charge in [-0.1, -0.05) is 41.7 Å². The van der Waals surface area contributed by atoms with Crippen molar-refractivity contribution in [2.75, 3.05) is 7.11 Å². The van der Waals surface area contributed by atoms with Crippen molar-refractivity contribution in [3.63, 3.8) is 0 Å². The van der Waals surface area contributed by atoms with Crippen molar-refractivity contribution in [3.8, 4) is 5.19 Å². The highest BCUT2D eigenvalue weighted by Gasteiger charge is 2.06. The van der Waals surface area contributed by atoms with Crippen LogP contribution in [0, 0.1) is 6.92 Å². The van der Waals surface area contributed by atoms with Crippen LogP contribution in [0.15, 0.2) is 30.3 Å². The van der Waals surface area contributed by atoms with Crippen LogP contribution in [-0.4, -0.2) is 12.1 Å². The molecule has 0 fully saturated rings. The van der Waals surface area contributed by atoms with E-state index in [9.17, 15) is 0 Å². The maximum absolute atomic E-state index is 5.12. The van der Waals surface area contributed by atoms with Gasteiger partial charge in [0.25, 0.3) is 5.19 Å². The van der Waals surface area contributed by atoms with Crippen LogP contribution in [-0.2, 0) is 13.1 Å². The van der Waals surface area contributed by atoms with Gasteiger partial charge in [-0.2, -0.15) is 0 Å². The minimum Gasteiger partial charge on any atom is -0.473 e. The lowest BCUT2D eigenvalue weighted by Gasteiger charge is -2.03. The average molecular weight is 248 g/mol. The van der Waals surface area contributed by atoms with E-state index in [2.05, 4.69) is 34.6 Å². The summed E-state index contributed by atoms with van der Waals surface area (Å²) in [5.41, 5.74) is 2.34. The number of hydrogen-bond acceptors (Lipinski definition) is 4. The molecule has 2 rings (SSSR count). The molecule has 0 aliphatic rings. The Morgan fingerprint density at radius 3 is 2.65 bits per heavy atom. The predicted molar refractivity (Wildman–Crippen MR) is 70.4 cm³/mol. The molecule has 0 saturated carbocycles. The van der Waals surface area contributed by atoms with Gasteiger partial charge in [0, 0.05) is 18.0 Å². The van der Waals surface area contributed by atoms with Crippen molar-refractivity contribution < 1.29 is 4.74 Å². The molecule has 3 nitrogen and oxygen atoms in total. The Balaban J connectivity index is 1.88. The van der Waals surface area contributed by atoms with Gasteiger partial charge in [-0.15, -0.1) is 0 Å². The van der Waals surface area contributed by atoms with E-state index in [-0.39, 0.29) is 0 Å². The first-order chi connectivity index (χ1) is 8.29. The van der Waals surface area contributed by atoms with Crippen LogP contribution >= 0.6 is 11.3 Å². The van der Waals surface area contributed by atoms with Crippen LogP contribution in [0.4, 0.5) is 0 Å². The molecule has 1 N–H and O–H groups in total. The molecule has 4 heteroatoms. The fourth-order valence-corrected chi connectivity index (χ4v) is 2.41. The molecule has 2 aromatic rings. The number of aromatic nitrogens is 1. The molecule has 0 radical (unpaired) electrons. The van der Waals surface area contributed by atoms with Crippen LogP contribution < -0.4 is 10.1 Å². The summed E-state index contributed by atoms with van der Waals surface area (Å²) in [6, 6.07) is 10.4. The van der Waals surface area contributed by atoms with Crippen LogP contribution in [0.25, 0.3) is 0 Å². The standard InChI is InChI=1S/C13H16N2OS/c1-10-12(17-13(15-10)16-2)9-14-8-11-6-4-3-5-7-11/h3-7,14H,8-9H2,1-2H3. The molecule has 17 heavy (non-hydrogen) atoms. The molecule has 90 valence electrons. The van der Waals surface area contributed by atoms with Crippen molar-refractivity contribution in [2.24, 2.45) is 0 Å². The Bertz CT molecular complexity index is 468. The quantitative estimate of drug-likeness (QED) is 0.883. The van der Waals surface area contributed by atoms with E-state index in [1.54, 1.807) is 18.4 Å². The van der Waals surface area contributed by atoms with Crippen LogP contribution in [0.2, 0.25) is 0 Å². The number of hydrogen-bond donors (Lipinski definition) is 1. The van der Waals surface area contributed by atoms with Crippen LogP contribution in [0.3, 0.4) is 0 Å². The monoisotopic (exact) mass is 248 g/mol. The van der Waals surface area contributed by atoms with Gasteiger partial charge in [-0.3, -0.25) is 0 Å². The number of nitrogens with one attached hydrogen (secondary N) is 1. The molecule has 0 saturated heterocycles. The highest BCUT2D eigenvalue weighted by molar-refractivity contribution is 7.13. The number of nitrogens with zero attached hydrogens (tertiary/aromatic N) is 1. The molecule has 0 aliphatic heterocycles. The van der Waals surface area contributed by atoms with E-state index in [0.29, 0.717) is 0 Å². The number of methoxy groups -OCH3 is 1. The zero-order valence-electron chi connectivity index (χ0n) is 10.1. The average Bonchev–Trinajstić information content (AvgIpc) is 2.72. The van der Waals surface area contributed by atoms with Crippen molar-refractivity contribution in [3.05, 3.63) is 46.5 Å². The van der Waals surface area contributed by atoms with Crippen molar-refractivity contribution in [1.29, 1.82) is 0 Å². The maximum Gasteiger partial charge on any atom is 0.273 e. The second kappa shape index (κ2) is 5.80. The minimum absolute atomic E-state index is 0.735. The first-order valence-electron chi connectivity index (χ1n) is 5.54. The van der Waals surface area contributed by atoms with Gasteiger partial charge in [0.15, 0.2) is 0 Å². The number of thiazole rings is 1. The second-order valence-electron chi connectivity index (χ2n) is 3.78. The van der Waals surface area contributed by atoms with E-state index in [0.717, 1.165) is 24.0 Å². The third-order valence-electron chi connectivity index (χ3n) is 2.51. The highest BCUT2D eigenvalue weighted by Crippen LogP contribution is 2.23. The Kier molecular flexibility index (Phi) is 4.12. The van der Waals surface area contributed by atoms with Crippen molar-refractivity contribution >= 4 is 11.3 Å². The molecule has 0 aliphatic carbocycles. The predicted octanol–water partition coefficient (Wildman–Crippen LogP) is 2.75. The molecule has 0 amide bonds. The Morgan fingerprint density at radius 2 is 2.00 bits per heavy atom. The van der Waals surface area contributed by atoms with Gasteiger partial charge in [0.2, 0.25) is 0 Å². The van der Waals surface area contributed by atoms with Crippen molar-refractivity contribution in [1.82, 2.24) is 10.3 Å². The Labute approximate surface area is 105 Å². The topological polar surface area (TPSA) is 34.1 Å². The molecule has 1 aromatic heterocycles. The van der Waals surface area contributed by atoms with Gasteiger partial charge >= 0.3 is 0 Å². The summed E-state index contributed by atoms with van der Waals surface area (Å²) in [6.07, 6.45) is 0. The molecule has 0 atom stereocenters. The SMILES string of the molecule is COc1nc(C)c(CNCc2ccccc2)s1. The second-order valence-corrected chi connectivity index (χ2v) is 4.83. The number of aryl methyl sites for hydroxylation is 1. The first kappa shape index (κ1) is 12.1. The lowest BCUT2D eigenvalue weighted by Crippen LogP contribution is -2.12. The normalized spacial score (nSPS) is 10.5. The molecular weight excluding hydrogens is 232 g/mol. The van der Waals surface area contributed by atoms with E-state index < -0.39 is 0 Å². The number of ether oxygens (including phenoxy) is 1. The lowest BCUT2D eigenvalue weighted by molar-refractivity contribution is 0.411. The molecular formula is C13H16N2OS. The highest BCUT2D eigenvalue weighted by atomic mass is 32.1. The third-order valence-corrected chi connectivity index (χ3v) is 3.62. The summed E-state index contributed by atoms with van der Waals surface area (Å²) < 4.78 is 5.12. The van der Waals surface area contributed by atoms with Crippen molar-refractivity contribution in [2.45, 2.75) is 20.0 Å². The Morgan fingerprint density at radius 1 is 1.24 bits per heavy atom. The summed E-state index contributed by atoms with van der Waals surface area (Å²) in [5, 5.41) is 4.15. The first-order valence-corrected chi connectivity index (χ1v) is 6.36. The number of rotatable bonds is 5. The summed E-state index contributed by atoms with van der Waals surface area (Å²) in [5.74, 6) is 0. The van der Waals surface area contributed by atoms with Gasteiger partial charge in [0.1, 0.15) is 0 Å². The summed E-state index contributed by atoms with van der Waals surface area (Å²) in [6.45, 7) is 3.72. The Hall–Kier alpha value is -1.39. The smallest absolute Gasteiger partial charge is 0.273 e. The fourth-order valence-electron chi connectivity index (χ4n) is 1.57. The third kappa shape index (κ3) is 3.28. The molecule has 1 heterocycles. The van der Waals surface area contributed by atoms with Gasteiger partial charge in [-0.05, 0) is 12.5 Å². The van der Waals surface area contributed by atoms with Gasteiger partial charge < -0.3 is 10.1 Å². The minimum atomic E-state index is 0.735. The molecule has 0 bridgehead atoms. The molecule has 0 spiro atoms. The summed E-state index contributed by atoms with van der Waals surface area (Å²) >= 11 is 1.60. The number of benzene rings is 1. The fraction of sp³-hybridized carbons (Fsp3) is 0.308. The lowest BCUT2D eigenvalue weighted by atomic mass is 10.2. The largest absolute Gasteiger partial charge is 0.473 e. The van der Waals surface area contributed by atoms with Gasteiger partial charge in [-0.25, -0.2) is 4.98 Å². The van der Waals surface area contributed by atoms with Crippen LogP contribution in [0.5, 0.6) is 5.19 Å². The zero-order valence-corrected chi connectivity index (χ0v) is 10.9.